The fourth-order valence-corrected chi connectivity index (χ4v) is 3.35. The fraction of sp³-hybridized carbons (Fsp3) is 0.938. The van der Waals surface area contributed by atoms with Gasteiger partial charge in [-0.2, -0.15) is 0 Å². The third-order valence-electron chi connectivity index (χ3n) is 4.72. The molecule has 0 saturated carbocycles. The van der Waals surface area contributed by atoms with Crippen molar-refractivity contribution in [1.82, 2.24) is 10.2 Å². The Balaban J connectivity index is 1.75. The van der Waals surface area contributed by atoms with Crippen LogP contribution in [0.25, 0.3) is 0 Å². The molecule has 5 heteroatoms. The quantitative estimate of drug-likeness (QED) is 0.723. The zero-order valence-corrected chi connectivity index (χ0v) is 13.5. The van der Waals surface area contributed by atoms with Crippen molar-refractivity contribution in [3.8, 4) is 0 Å². The number of nitrogens with zero attached hydrogens (tertiary/aromatic N) is 1. The summed E-state index contributed by atoms with van der Waals surface area (Å²) in [6.45, 7) is 6.15. The van der Waals surface area contributed by atoms with Gasteiger partial charge in [0.25, 0.3) is 0 Å². The molecule has 0 aromatic heterocycles. The molecule has 0 spiro atoms. The summed E-state index contributed by atoms with van der Waals surface area (Å²) in [5.41, 5.74) is 0. The third-order valence-corrected chi connectivity index (χ3v) is 4.72. The van der Waals surface area contributed by atoms with Crippen LogP contribution in [0, 0.1) is 0 Å². The van der Waals surface area contributed by atoms with Crippen molar-refractivity contribution in [3.05, 3.63) is 0 Å². The van der Waals surface area contributed by atoms with E-state index in [1.165, 1.54) is 13.5 Å². The fourth-order valence-electron chi connectivity index (χ4n) is 3.35. The van der Waals surface area contributed by atoms with Crippen LogP contribution in [0.1, 0.15) is 45.4 Å². The Morgan fingerprint density at radius 1 is 1.38 bits per heavy atom. The smallest absolute Gasteiger partial charge is 0.322 e. The number of esters is 1. The standard InChI is InChI=1S/C16H30N2O3/c1-3-4-5-15(16(19)20-2)17-13-6-9-18(10-7-13)14-8-11-21-12-14/h13-15,17H,3-12H2,1-2H3. The number of ether oxygens (including phenoxy) is 2. The maximum Gasteiger partial charge on any atom is 0.322 e. The number of carbonyl (C=O) groups excluding carboxylic acids is 1. The van der Waals surface area contributed by atoms with Crippen molar-refractivity contribution < 1.29 is 14.3 Å². The molecule has 122 valence electrons. The minimum Gasteiger partial charge on any atom is -0.468 e. The average molecular weight is 298 g/mol. The molecule has 2 aliphatic rings. The van der Waals surface area contributed by atoms with Crippen LogP contribution >= 0.6 is 0 Å². The SMILES string of the molecule is CCCCC(NC1CCN(C2CCOC2)CC1)C(=O)OC. The van der Waals surface area contributed by atoms with Crippen LogP contribution in [-0.4, -0.2) is 62.4 Å². The highest BCUT2D eigenvalue weighted by Gasteiger charge is 2.29. The highest BCUT2D eigenvalue weighted by atomic mass is 16.5. The first-order chi connectivity index (χ1) is 10.2. The van der Waals surface area contributed by atoms with E-state index in [2.05, 4.69) is 17.1 Å². The molecule has 2 saturated heterocycles. The number of methoxy groups -OCH3 is 1. The minimum atomic E-state index is -0.138. The Bertz CT molecular complexity index is 311. The van der Waals surface area contributed by atoms with E-state index < -0.39 is 0 Å². The topological polar surface area (TPSA) is 50.8 Å². The predicted octanol–water partition coefficient (Wildman–Crippen LogP) is 1.56. The van der Waals surface area contributed by atoms with E-state index >= 15 is 0 Å². The van der Waals surface area contributed by atoms with Gasteiger partial charge in [-0.25, -0.2) is 0 Å². The first-order valence-corrected chi connectivity index (χ1v) is 8.40. The van der Waals surface area contributed by atoms with Crippen molar-refractivity contribution in [2.75, 3.05) is 33.4 Å². The van der Waals surface area contributed by atoms with Gasteiger partial charge in [-0.05, 0) is 25.7 Å². The second-order valence-electron chi connectivity index (χ2n) is 6.21. The molecule has 2 fully saturated rings. The molecule has 0 bridgehead atoms. The van der Waals surface area contributed by atoms with Gasteiger partial charge in [-0.1, -0.05) is 19.8 Å². The van der Waals surface area contributed by atoms with E-state index in [-0.39, 0.29) is 12.0 Å². The van der Waals surface area contributed by atoms with Crippen LogP contribution in [0.4, 0.5) is 0 Å². The zero-order chi connectivity index (χ0) is 15.1. The Hall–Kier alpha value is -0.650. The Labute approximate surface area is 128 Å². The van der Waals surface area contributed by atoms with E-state index in [4.69, 9.17) is 9.47 Å². The molecule has 1 N–H and O–H groups in total. The highest BCUT2D eigenvalue weighted by Crippen LogP contribution is 2.19. The number of hydrogen-bond donors (Lipinski definition) is 1. The molecular weight excluding hydrogens is 268 g/mol. The Kier molecular flexibility index (Phi) is 6.93. The maximum atomic E-state index is 11.9. The highest BCUT2D eigenvalue weighted by molar-refractivity contribution is 5.75. The van der Waals surface area contributed by atoms with Gasteiger partial charge in [0, 0.05) is 31.8 Å². The summed E-state index contributed by atoms with van der Waals surface area (Å²) in [6, 6.07) is 0.910. The van der Waals surface area contributed by atoms with Gasteiger partial charge < -0.3 is 14.8 Å². The molecule has 2 heterocycles. The average Bonchev–Trinajstić information content (AvgIpc) is 3.05. The molecule has 2 unspecified atom stereocenters. The summed E-state index contributed by atoms with van der Waals surface area (Å²) >= 11 is 0. The molecule has 21 heavy (non-hydrogen) atoms. The van der Waals surface area contributed by atoms with Gasteiger partial charge in [0.15, 0.2) is 0 Å². The second-order valence-corrected chi connectivity index (χ2v) is 6.21. The molecule has 2 rings (SSSR count). The summed E-state index contributed by atoms with van der Waals surface area (Å²) in [6.07, 6.45) is 6.42. The molecule has 0 aliphatic carbocycles. The normalized spacial score (nSPS) is 25.9. The van der Waals surface area contributed by atoms with Crippen molar-refractivity contribution in [1.29, 1.82) is 0 Å². The number of unbranched alkanes of at least 4 members (excludes halogenated alkanes) is 1. The zero-order valence-electron chi connectivity index (χ0n) is 13.5. The van der Waals surface area contributed by atoms with Crippen molar-refractivity contribution >= 4 is 5.97 Å². The van der Waals surface area contributed by atoms with Crippen molar-refractivity contribution in [2.24, 2.45) is 0 Å². The summed E-state index contributed by atoms with van der Waals surface area (Å²) < 4.78 is 10.4. The number of rotatable bonds is 7. The first kappa shape index (κ1) is 16.7. The molecule has 0 amide bonds. The van der Waals surface area contributed by atoms with Gasteiger partial charge in [0.2, 0.25) is 0 Å². The molecule has 2 atom stereocenters. The molecule has 0 radical (unpaired) electrons. The minimum absolute atomic E-state index is 0.116. The molecular formula is C16H30N2O3. The van der Waals surface area contributed by atoms with Gasteiger partial charge in [-0.3, -0.25) is 9.69 Å². The molecule has 0 aromatic rings. The lowest BCUT2D eigenvalue weighted by atomic mass is 10.0. The summed E-state index contributed by atoms with van der Waals surface area (Å²) in [4.78, 5) is 14.4. The van der Waals surface area contributed by atoms with Crippen molar-refractivity contribution in [2.45, 2.75) is 63.6 Å². The van der Waals surface area contributed by atoms with E-state index in [9.17, 15) is 4.79 Å². The molecule has 2 aliphatic heterocycles. The van der Waals surface area contributed by atoms with Crippen LogP contribution in [0.15, 0.2) is 0 Å². The van der Waals surface area contributed by atoms with Gasteiger partial charge in [0.05, 0.1) is 13.7 Å². The largest absolute Gasteiger partial charge is 0.468 e. The van der Waals surface area contributed by atoms with E-state index in [0.29, 0.717) is 12.1 Å². The first-order valence-electron chi connectivity index (χ1n) is 8.40. The van der Waals surface area contributed by atoms with Crippen LogP contribution in [-0.2, 0) is 14.3 Å². The maximum absolute atomic E-state index is 11.9. The number of piperidine rings is 1. The molecule has 5 nitrogen and oxygen atoms in total. The van der Waals surface area contributed by atoms with Crippen LogP contribution < -0.4 is 5.32 Å². The molecule has 0 aromatic carbocycles. The van der Waals surface area contributed by atoms with Gasteiger partial charge in [-0.15, -0.1) is 0 Å². The Morgan fingerprint density at radius 2 is 2.14 bits per heavy atom. The second kappa shape index (κ2) is 8.71. The third kappa shape index (κ3) is 4.94. The summed E-state index contributed by atoms with van der Waals surface area (Å²) in [5, 5.41) is 3.52. The Morgan fingerprint density at radius 3 is 2.71 bits per heavy atom. The van der Waals surface area contributed by atoms with Crippen LogP contribution in [0.3, 0.4) is 0 Å². The summed E-state index contributed by atoms with van der Waals surface area (Å²) in [7, 11) is 1.48. The number of hydrogen-bond acceptors (Lipinski definition) is 5. The monoisotopic (exact) mass is 298 g/mol. The van der Waals surface area contributed by atoms with E-state index in [1.54, 1.807) is 0 Å². The van der Waals surface area contributed by atoms with Crippen LogP contribution in [0.5, 0.6) is 0 Å². The van der Waals surface area contributed by atoms with Crippen LogP contribution in [0.2, 0.25) is 0 Å². The number of nitrogens with one attached hydrogen (secondary N) is 1. The van der Waals surface area contributed by atoms with E-state index in [0.717, 1.165) is 58.4 Å². The lowest BCUT2D eigenvalue weighted by Crippen LogP contribution is -2.51. The van der Waals surface area contributed by atoms with E-state index in [1.807, 2.05) is 0 Å². The lowest BCUT2D eigenvalue weighted by Gasteiger charge is -2.36. The lowest BCUT2D eigenvalue weighted by molar-refractivity contribution is -0.143. The van der Waals surface area contributed by atoms with Gasteiger partial charge in [0.1, 0.15) is 6.04 Å². The van der Waals surface area contributed by atoms with Gasteiger partial charge >= 0.3 is 5.97 Å². The number of carbonyl (C=O) groups is 1. The summed E-state index contributed by atoms with van der Waals surface area (Å²) in [5.74, 6) is -0.116. The van der Waals surface area contributed by atoms with Crippen molar-refractivity contribution in [3.63, 3.8) is 0 Å². The number of likely N-dealkylation sites (tertiary alicyclic amines) is 1. The predicted molar refractivity (Wildman–Crippen MR) is 82.3 cm³/mol.